The van der Waals surface area contributed by atoms with Gasteiger partial charge in [0.1, 0.15) is 0 Å². The maximum absolute atomic E-state index is 12.7. The van der Waals surface area contributed by atoms with Crippen molar-refractivity contribution in [3.8, 4) is 11.1 Å². The number of aromatic nitrogens is 3. The van der Waals surface area contributed by atoms with Gasteiger partial charge in [0.15, 0.2) is 5.65 Å². The molecule has 2 aromatic carbocycles. The van der Waals surface area contributed by atoms with E-state index in [9.17, 15) is 4.79 Å². The van der Waals surface area contributed by atoms with Gasteiger partial charge in [0.25, 0.3) is 5.56 Å². The third kappa shape index (κ3) is 3.72. The highest BCUT2D eigenvalue weighted by molar-refractivity contribution is 5.92. The molecule has 27 heavy (non-hydrogen) atoms. The van der Waals surface area contributed by atoms with Gasteiger partial charge in [0.05, 0.1) is 5.39 Å². The number of aromatic amines is 1. The number of fused-ring (bicyclic) bond motifs is 1. The van der Waals surface area contributed by atoms with E-state index in [1.165, 1.54) is 11.1 Å². The van der Waals surface area contributed by atoms with Crippen LogP contribution in [-0.2, 0) is 6.42 Å². The molecule has 4 aromatic rings. The first kappa shape index (κ1) is 17.0. The van der Waals surface area contributed by atoms with Gasteiger partial charge in [-0.15, -0.1) is 0 Å². The highest BCUT2D eigenvalue weighted by Crippen LogP contribution is 2.24. The van der Waals surface area contributed by atoms with Gasteiger partial charge < -0.3 is 5.32 Å². The SMILES string of the molecule is Cc1ccc(-c2ccnc3nc(NCCc4ccccc4)[nH]c(=O)c23)cc1. The zero-order valence-corrected chi connectivity index (χ0v) is 15.1. The topological polar surface area (TPSA) is 70.7 Å². The lowest BCUT2D eigenvalue weighted by Gasteiger charge is -2.09. The van der Waals surface area contributed by atoms with Gasteiger partial charge in [0, 0.05) is 12.7 Å². The molecule has 2 N–H and O–H groups in total. The Labute approximate surface area is 157 Å². The fourth-order valence-electron chi connectivity index (χ4n) is 3.09. The minimum Gasteiger partial charge on any atom is -0.355 e. The summed E-state index contributed by atoms with van der Waals surface area (Å²) in [5.74, 6) is 0.442. The molecule has 0 saturated heterocycles. The smallest absolute Gasteiger partial charge is 0.262 e. The Morgan fingerprint density at radius 3 is 2.56 bits per heavy atom. The Bertz CT molecular complexity index is 1120. The third-order valence-electron chi connectivity index (χ3n) is 4.52. The van der Waals surface area contributed by atoms with Gasteiger partial charge in [-0.1, -0.05) is 60.2 Å². The molecule has 0 saturated carbocycles. The number of rotatable bonds is 5. The first-order valence-corrected chi connectivity index (χ1v) is 8.94. The quantitative estimate of drug-likeness (QED) is 0.568. The van der Waals surface area contributed by atoms with Crippen LogP contribution in [0.1, 0.15) is 11.1 Å². The van der Waals surface area contributed by atoms with Gasteiger partial charge >= 0.3 is 0 Å². The average Bonchev–Trinajstić information content (AvgIpc) is 2.69. The van der Waals surface area contributed by atoms with E-state index in [2.05, 4.69) is 32.4 Å². The molecule has 5 nitrogen and oxygen atoms in total. The second-order valence-electron chi connectivity index (χ2n) is 6.50. The van der Waals surface area contributed by atoms with Gasteiger partial charge in [0.2, 0.25) is 5.95 Å². The molecular formula is C22H20N4O. The van der Waals surface area contributed by atoms with Gasteiger partial charge in [-0.05, 0) is 36.1 Å². The summed E-state index contributed by atoms with van der Waals surface area (Å²) in [7, 11) is 0. The van der Waals surface area contributed by atoms with Crippen molar-refractivity contribution in [3.63, 3.8) is 0 Å². The number of hydrogen-bond donors (Lipinski definition) is 2. The van der Waals surface area contributed by atoms with E-state index >= 15 is 0 Å². The summed E-state index contributed by atoms with van der Waals surface area (Å²) in [5.41, 5.74) is 4.47. The molecular weight excluding hydrogens is 336 g/mol. The van der Waals surface area contributed by atoms with Crippen LogP contribution in [0, 0.1) is 6.92 Å². The predicted octanol–water partition coefficient (Wildman–Crippen LogP) is 3.95. The van der Waals surface area contributed by atoms with Crippen LogP contribution < -0.4 is 10.9 Å². The fourth-order valence-corrected chi connectivity index (χ4v) is 3.09. The van der Waals surface area contributed by atoms with Crippen molar-refractivity contribution in [1.82, 2.24) is 15.0 Å². The van der Waals surface area contributed by atoms with Crippen LogP contribution in [0.5, 0.6) is 0 Å². The third-order valence-corrected chi connectivity index (χ3v) is 4.52. The summed E-state index contributed by atoms with van der Waals surface area (Å²) in [4.78, 5) is 24.4. The van der Waals surface area contributed by atoms with Gasteiger partial charge in [-0.3, -0.25) is 9.78 Å². The Balaban J connectivity index is 1.62. The lowest BCUT2D eigenvalue weighted by atomic mass is 10.0. The van der Waals surface area contributed by atoms with E-state index in [0.717, 1.165) is 17.5 Å². The second kappa shape index (κ2) is 7.41. The highest BCUT2D eigenvalue weighted by Gasteiger charge is 2.11. The molecule has 0 amide bonds. The average molecular weight is 356 g/mol. The summed E-state index contributed by atoms with van der Waals surface area (Å²) < 4.78 is 0. The zero-order chi connectivity index (χ0) is 18.6. The minimum absolute atomic E-state index is 0.189. The summed E-state index contributed by atoms with van der Waals surface area (Å²) in [6, 6.07) is 20.1. The number of benzene rings is 2. The second-order valence-corrected chi connectivity index (χ2v) is 6.50. The summed E-state index contributed by atoms with van der Waals surface area (Å²) in [5, 5.41) is 3.70. The molecule has 0 aliphatic heterocycles. The van der Waals surface area contributed by atoms with Crippen molar-refractivity contribution in [1.29, 1.82) is 0 Å². The van der Waals surface area contributed by atoms with Crippen molar-refractivity contribution >= 4 is 17.0 Å². The maximum Gasteiger partial charge on any atom is 0.262 e. The number of aryl methyl sites for hydroxylation is 1. The zero-order valence-electron chi connectivity index (χ0n) is 15.1. The van der Waals surface area contributed by atoms with E-state index in [-0.39, 0.29) is 5.56 Å². The van der Waals surface area contributed by atoms with E-state index in [1.54, 1.807) is 6.20 Å². The first-order chi connectivity index (χ1) is 13.2. The van der Waals surface area contributed by atoms with Crippen LogP contribution in [0.2, 0.25) is 0 Å². The normalized spacial score (nSPS) is 10.9. The molecule has 0 radical (unpaired) electrons. The molecule has 0 unspecified atom stereocenters. The van der Waals surface area contributed by atoms with Crippen molar-refractivity contribution in [2.24, 2.45) is 0 Å². The van der Waals surface area contributed by atoms with E-state index in [4.69, 9.17) is 0 Å². The van der Waals surface area contributed by atoms with Gasteiger partial charge in [-0.25, -0.2) is 4.98 Å². The number of nitrogens with one attached hydrogen (secondary N) is 2. The summed E-state index contributed by atoms with van der Waals surface area (Å²) in [6.07, 6.45) is 2.54. The molecule has 0 spiro atoms. The van der Waals surface area contributed by atoms with Crippen LogP contribution in [0.4, 0.5) is 5.95 Å². The van der Waals surface area contributed by atoms with Crippen LogP contribution >= 0.6 is 0 Å². The maximum atomic E-state index is 12.7. The predicted molar refractivity (Wildman–Crippen MR) is 109 cm³/mol. The lowest BCUT2D eigenvalue weighted by molar-refractivity contribution is 0.982. The Morgan fingerprint density at radius 1 is 1.00 bits per heavy atom. The summed E-state index contributed by atoms with van der Waals surface area (Å²) >= 11 is 0. The molecule has 0 aliphatic carbocycles. The molecule has 0 fully saturated rings. The van der Waals surface area contributed by atoms with Crippen LogP contribution in [0.15, 0.2) is 71.7 Å². The van der Waals surface area contributed by atoms with Crippen molar-refractivity contribution in [2.45, 2.75) is 13.3 Å². The molecule has 2 aromatic heterocycles. The Morgan fingerprint density at radius 2 is 1.78 bits per heavy atom. The van der Waals surface area contributed by atoms with Crippen molar-refractivity contribution in [2.75, 3.05) is 11.9 Å². The number of pyridine rings is 1. The highest BCUT2D eigenvalue weighted by atomic mass is 16.1. The number of hydrogen-bond acceptors (Lipinski definition) is 4. The Kier molecular flexibility index (Phi) is 4.66. The van der Waals surface area contributed by atoms with Crippen molar-refractivity contribution in [3.05, 3.63) is 88.3 Å². The number of H-pyrrole nitrogens is 1. The standard InChI is InChI=1S/C22H20N4O/c1-15-7-9-17(10-8-15)18-12-14-23-20-19(18)21(27)26-22(25-20)24-13-11-16-5-3-2-4-6-16/h2-10,12,14H,11,13H2,1H3,(H2,23,24,25,26,27). The molecule has 5 heteroatoms. The largest absolute Gasteiger partial charge is 0.355 e. The molecule has 0 atom stereocenters. The van der Waals surface area contributed by atoms with Gasteiger partial charge in [-0.2, -0.15) is 4.98 Å². The molecule has 4 rings (SSSR count). The van der Waals surface area contributed by atoms with Crippen LogP contribution in [-0.4, -0.2) is 21.5 Å². The first-order valence-electron chi connectivity index (χ1n) is 8.94. The van der Waals surface area contributed by atoms with E-state index in [0.29, 0.717) is 23.5 Å². The van der Waals surface area contributed by atoms with E-state index < -0.39 is 0 Å². The van der Waals surface area contributed by atoms with Crippen LogP contribution in [0.3, 0.4) is 0 Å². The fraction of sp³-hybridized carbons (Fsp3) is 0.136. The van der Waals surface area contributed by atoms with Crippen molar-refractivity contribution < 1.29 is 0 Å². The Hall–Kier alpha value is -3.47. The molecule has 0 bridgehead atoms. The minimum atomic E-state index is -0.189. The monoisotopic (exact) mass is 356 g/mol. The van der Waals surface area contributed by atoms with E-state index in [1.807, 2.05) is 55.5 Å². The summed E-state index contributed by atoms with van der Waals surface area (Å²) in [6.45, 7) is 2.71. The number of anilines is 1. The molecule has 0 aliphatic rings. The lowest BCUT2D eigenvalue weighted by Crippen LogP contribution is -2.16. The van der Waals surface area contributed by atoms with Crippen LogP contribution in [0.25, 0.3) is 22.2 Å². The molecule has 134 valence electrons. The molecule has 2 heterocycles. The number of nitrogens with zero attached hydrogens (tertiary/aromatic N) is 2.